The van der Waals surface area contributed by atoms with Gasteiger partial charge in [0, 0.05) is 12.1 Å². The summed E-state index contributed by atoms with van der Waals surface area (Å²) in [6.07, 6.45) is 7.12. The monoisotopic (exact) mass is 245 g/mol. The van der Waals surface area contributed by atoms with Crippen molar-refractivity contribution in [1.82, 2.24) is 5.32 Å². The van der Waals surface area contributed by atoms with E-state index in [1.54, 1.807) is 0 Å². The first kappa shape index (κ1) is 13.6. The minimum absolute atomic E-state index is 0.461. The van der Waals surface area contributed by atoms with Crippen molar-refractivity contribution in [3.63, 3.8) is 0 Å². The third-order valence-corrected chi connectivity index (χ3v) is 4.45. The molecule has 1 unspecified atom stereocenters. The number of nitrogens with one attached hydrogen (secondary N) is 1. The largest absolute Gasteiger partial charge is 0.307 e. The molecular formula is C17H27N. The molecule has 0 amide bonds. The molecule has 0 bridgehead atoms. The van der Waals surface area contributed by atoms with Gasteiger partial charge >= 0.3 is 0 Å². The number of hydrogen-bond acceptors (Lipinski definition) is 1. The summed E-state index contributed by atoms with van der Waals surface area (Å²) in [6.45, 7) is 6.79. The van der Waals surface area contributed by atoms with Crippen LogP contribution < -0.4 is 5.32 Å². The van der Waals surface area contributed by atoms with Gasteiger partial charge in [0.15, 0.2) is 0 Å². The van der Waals surface area contributed by atoms with Crippen LogP contribution >= 0.6 is 0 Å². The smallest absolute Gasteiger partial charge is 0.0294 e. The first-order valence-corrected chi connectivity index (χ1v) is 7.49. The van der Waals surface area contributed by atoms with E-state index in [1.807, 2.05) is 0 Å². The fourth-order valence-electron chi connectivity index (χ4n) is 3.12. The molecule has 1 saturated carbocycles. The van der Waals surface area contributed by atoms with Crippen LogP contribution in [0.2, 0.25) is 0 Å². The molecule has 2 atom stereocenters. The molecule has 0 aromatic heterocycles. The van der Waals surface area contributed by atoms with E-state index in [2.05, 4.69) is 50.4 Å². The highest BCUT2D eigenvalue weighted by atomic mass is 14.9. The maximum atomic E-state index is 3.79. The summed E-state index contributed by atoms with van der Waals surface area (Å²) in [7, 11) is 0. The molecule has 1 N–H and O–H groups in total. The Balaban J connectivity index is 1.89. The van der Waals surface area contributed by atoms with Crippen LogP contribution in [0.25, 0.3) is 0 Å². The van der Waals surface area contributed by atoms with Gasteiger partial charge in [0.25, 0.3) is 0 Å². The second kappa shape index (κ2) is 6.38. The standard InChI is InChI=1S/C17H27N/c1-13-9-11-17(12-10-13)15(3)18-14(2)16-7-5-4-6-8-16/h9-12,14-16,18H,4-8H2,1-3H3/t14?,15-/m0/s1. The summed E-state index contributed by atoms with van der Waals surface area (Å²) in [5.74, 6) is 0.881. The molecule has 0 aliphatic heterocycles. The predicted molar refractivity (Wildman–Crippen MR) is 78.8 cm³/mol. The van der Waals surface area contributed by atoms with Crippen molar-refractivity contribution >= 4 is 0 Å². The first-order chi connectivity index (χ1) is 8.66. The first-order valence-electron chi connectivity index (χ1n) is 7.49. The molecule has 1 heteroatoms. The third kappa shape index (κ3) is 3.58. The van der Waals surface area contributed by atoms with Gasteiger partial charge in [0.05, 0.1) is 0 Å². The Kier molecular flexibility index (Phi) is 4.82. The summed E-state index contributed by atoms with van der Waals surface area (Å²) in [5, 5.41) is 3.79. The van der Waals surface area contributed by atoms with E-state index in [9.17, 15) is 0 Å². The zero-order valence-corrected chi connectivity index (χ0v) is 12.1. The van der Waals surface area contributed by atoms with Crippen LogP contribution in [0.5, 0.6) is 0 Å². The molecule has 2 rings (SSSR count). The van der Waals surface area contributed by atoms with Gasteiger partial charge in [-0.25, -0.2) is 0 Å². The predicted octanol–water partition coefficient (Wildman–Crippen LogP) is 4.61. The van der Waals surface area contributed by atoms with Crippen LogP contribution in [-0.2, 0) is 0 Å². The van der Waals surface area contributed by atoms with Gasteiger partial charge in [0.2, 0.25) is 0 Å². The van der Waals surface area contributed by atoms with Gasteiger partial charge in [0.1, 0.15) is 0 Å². The second-order valence-corrected chi connectivity index (χ2v) is 5.99. The van der Waals surface area contributed by atoms with Crippen LogP contribution in [0, 0.1) is 12.8 Å². The fourth-order valence-corrected chi connectivity index (χ4v) is 3.12. The van der Waals surface area contributed by atoms with Gasteiger partial charge in [-0.2, -0.15) is 0 Å². The van der Waals surface area contributed by atoms with E-state index in [-0.39, 0.29) is 0 Å². The summed E-state index contributed by atoms with van der Waals surface area (Å²) in [5.41, 5.74) is 2.74. The summed E-state index contributed by atoms with van der Waals surface area (Å²) in [4.78, 5) is 0. The molecule has 0 saturated heterocycles. The quantitative estimate of drug-likeness (QED) is 0.816. The average molecular weight is 245 g/mol. The van der Waals surface area contributed by atoms with Gasteiger partial charge in [-0.1, -0.05) is 49.1 Å². The van der Waals surface area contributed by atoms with E-state index in [1.165, 1.54) is 43.2 Å². The van der Waals surface area contributed by atoms with Crippen molar-refractivity contribution in [2.45, 2.75) is 65.0 Å². The van der Waals surface area contributed by atoms with E-state index < -0.39 is 0 Å². The Morgan fingerprint density at radius 2 is 1.61 bits per heavy atom. The van der Waals surface area contributed by atoms with Crippen LogP contribution in [0.1, 0.15) is 63.1 Å². The molecule has 1 aromatic rings. The highest BCUT2D eigenvalue weighted by molar-refractivity contribution is 5.23. The van der Waals surface area contributed by atoms with Crippen LogP contribution in [0.3, 0.4) is 0 Å². The average Bonchev–Trinajstić information content (AvgIpc) is 2.40. The van der Waals surface area contributed by atoms with Crippen molar-refractivity contribution < 1.29 is 0 Å². The molecule has 1 aliphatic rings. The molecule has 0 radical (unpaired) electrons. The zero-order chi connectivity index (χ0) is 13.0. The second-order valence-electron chi connectivity index (χ2n) is 5.99. The molecule has 1 nitrogen and oxygen atoms in total. The minimum Gasteiger partial charge on any atom is -0.307 e. The Morgan fingerprint density at radius 3 is 2.22 bits per heavy atom. The van der Waals surface area contributed by atoms with E-state index >= 15 is 0 Å². The van der Waals surface area contributed by atoms with Crippen LogP contribution in [0.15, 0.2) is 24.3 Å². The topological polar surface area (TPSA) is 12.0 Å². The Hall–Kier alpha value is -0.820. The summed E-state index contributed by atoms with van der Waals surface area (Å²) < 4.78 is 0. The van der Waals surface area contributed by atoms with Gasteiger partial charge in [-0.15, -0.1) is 0 Å². The van der Waals surface area contributed by atoms with Crippen LogP contribution in [0.4, 0.5) is 0 Å². The van der Waals surface area contributed by atoms with Gasteiger partial charge < -0.3 is 5.32 Å². The summed E-state index contributed by atoms with van der Waals surface area (Å²) in [6, 6.07) is 10.0. The maximum Gasteiger partial charge on any atom is 0.0294 e. The molecule has 0 heterocycles. The number of rotatable bonds is 4. The Labute approximate surface area is 112 Å². The lowest BCUT2D eigenvalue weighted by Crippen LogP contribution is -2.36. The van der Waals surface area contributed by atoms with Crippen molar-refractivity contribution in [1.29, 1.82) is 0 Å². The molecule has 1 aliphatic carbocycles. The van der Waals surface area contributed by atoms with Gasteiger partial charge in [-0.3, -0.25) is 0 Å². The number of hydrogen-bond donors (Lipinski definition) is 1. The van der Waals surface area contributed by atoms with Gasteiger partial charge in [-0.05, 0) is 45.1 Å². The molecular weight excluding hydrogens is 218 g/mol. The Morgan fingerprint density at radius 1 is 1.00 bits per heavy atom. The fraction of sp³-hybridized carbons (Fsp3) is 0.647. The van der Waals surface area contributed by atoms with Crippen LogP contribution in [-0.4, -0.2) is 6.04 Å². The SMILES string of the molecule is Cc1ccc([C@H](C)NC(C)C2CCCCC2)cc1. The van der Waals surface area contributed by atoms with Crippen molar-refractivity contribution in [2.75, 3.05) is 0 Å². The van der Waals surface area contributed by atoms with E-state index in [0.29, 0.717) is 12.1 Å². The van der Waals surface area contributed by atoms with E-state index in [0.717, 1.165) is 5.92 Å². The lowest BCUT2D eigenvalue weighted by molar-refractivity contribution is 0.268. The number of aryl methyl sites for hydroxylation is 1. The normalized spacial score (nSPS) is 20.6. The lowest BCUT2D eigenvalue weighted by atomic mass is 9.84. The maximum absolute atomic E-state index is 3.79. The lowest BCUT2D eigenvalue weighted by Gasteiger charge is -2.30. The van der Waals surface area contributed by atoms with Crippen molar-refractivity contribution in [2.24, 2.45) is 5.92 Å². The molecule has 0 spiro atoms. The minimum atomic E-state index is 0.461. The molecule has 1 fully saturated rings. The number of benzene rings is 1. The zero-order valence-electron chi connectivity index (χ0n) is 12.1. The molecule has 18 heavy (non-hydrogen) atoms. The Bertz CT molecular complexity index is 348. The third-order valence-electron chi connectivity index (χ3n) is 4.45. The van der Waals surface area contributed by atoms with Crippen molar-refractivity contribution in [3.05, 3.63) is 35.4 Å². The summed E-state index contributed by atoms with van der Waals surface area (Å²) >= 11 is 0. The highest BCUT2D eigenvalue weighted by Crippen LogP contribution is 2.27. The highest BCUT2D eigenvalue weighted by Gasteiger charge is 2.21. The molecule has 100 valence electrons. The molecule has 1 aromatic carbocycles. The van der Waals surface area contributed by atoms with Crippen molar-refractivity contribution in [3.8, 4) is 0 Å². The van der Waals surface area contributed by atoms with E-state index in [4.69, 9.17) is 0 Å².